The molecule has 2 aromatic rings. The highest BCUT2D eigenvalue weighted by atomic mass is 35.5. The van der Waals surface area contributed by atoms with Crippen LogP contribution < -0.4 is 4.72 Å². The van der Waals surface area contributed by atoms with Crippen molar-refractivity contribution in [2.75, 3.05) is 4.72 Å². The number of carboxylic acids is 1. The predicted octanol–water partition coefficient (Wildman–Crippen LogP) is 3.46. The van der Waals surface area contributed by atoms with Crippen LogP contribution in [0.5, 0.6) is 0 Å². The topological polar surface area (TPSA) is 83.5 Å². The van der Waals surface area contributed by atoms with Gasteiger partial charge in [-0.25, -0.2) is 13.2 Å². The molecule has 0 bridgehead atoms. The maximum Gasteiger partial charge on any atom is 0.335 e. The molecule has 116 valence electrons. The number of aromatic carboxylic acids is 1. The monoisotopic (exact) mass is 339 g/mol. The molecule has 2 aromatic carbocycles. The van der Waals surface area contributed by atoms with Gasteiger partial charge in [-0.2, -0.15) is 0 Å². The Morgan fingerprint density at radius 2 is 1.82 bits per heavy atom. The van der Waals surface area contributed by atoms with Crippen molar-refractivity contribution in [3.63, 3.8) is 0 Å². The van der Waals surface area contributed by atoms with Gasteiger partial charge in [0.05, 0.1) is 21.2 Å². The molecule has 0 aliphatic rings. The van der Waals surface area contributed by atoms with Crippen LogP contribution in [-0.2, 0) is 10.0 Å². The van der Waals surface area contributed by atoms with Crippen molar-refractivity contribution in [3.8, 4) is 0 Å². The van der Waals surface area contributed by atoms with Crippen LogP contribution >= 0.6 is 11.6 Å². The van der Waals surface area contributed by atoms with E-state index in [1.54, 1.807) is 25.1 Å². The van der Waals surface area contributed by atoms with Gasteiger partial charge in [0.15, 0.2) is 0 Å². The molecule has 0 aromatic heterocycles. The minimum Gasteiger partial charge on any atom is -0.478 e. The first-order valence-electron chi connectivity index (χ1n) is 6.33. The van der Waals surface area contributed by atoms with Gasteiger partial charge in [0, 0.05) is 0 Å². The minimum absolute atomic E-state index is 0.0935. The third-order valence-corrected chi connectivity index (χ3v) is 4.91. The molecule has 7 heteroatoms. The number of aryl methyl sites for hydroxylation is 2. The standard InChI is InChI=1S/C15H14ClNO4S/c1-9-3-6-13(12(16)7-9)17-22(20,21)14-8-11(15(18)19)5-4-10(14)2/h3-8,17H,1-2H3,(H,18,19). The minimum atomic E-state index is -3.93. The summed E-state index contributed by atoms with van der Waals surface area (Å²) in [6, 6.07) is 8.86. The molecule has 0 saturated heterocycles. The maximum absolute atomic E-state index is 12.5. The van der Waals surface area contributed by atoms with Crippen LogP contribution in [0.15, 0.2) is 41.3 Å². The van der Waals surface area contributed by atoms with E-state index in [1.165, 1.54) is 12.1 Å². The Kier molecular flexibility index (Phi) is 4.44. The van der Waals surface area contributed by atoms with E-state index in [4.69, 9.17) is 16.7 Å². The first-order chi connectivity index (χ1) is 10.2. The van der Waals surface area contributed by atoms with Crippen molar-refractivity contribution < 1.29 is 18.3 Å². The average molecular weight is 340 g/mol. The zero-order valence-electron chi connectivity index (χ0n) is 11.9. The van der Waals surface area contributed by atoms with Crippen LogP contribution in [0.1, 0.15) is 21.5 Å². The summed E-state index contributed by atoms with van der Waals surface area (Å²) in [5.74, 6) is -1.19. The van der Waals surface area contributed by atoms with Crippen molar-refractivity contribution in [2.45, 2.75) is 18.7 Å². The highest BCUT2D eigenvalue weighted by molar-refractivity contribution is 7.92. The molecule has 2 N–H and O–H groups in total. The summed E-state index contributed by atoms with van der Waals surface area (Å²) in [5, 5.41) is 9.27. The summed E-state index contributed by atoms with van der Waals surface area (Å²) >= 11 is 6.02. The van der Waals surface area contributed by atoms with E-state index in [-0.39, 0.29) is 21.2 Å². The second-order valence-electron chi connectivity index (χ2n) is 4.87. The Labute approximate surface area is 133 Å². The Morgan fingerprint density at radius 1 is 1.14 bits per heavy atom. The van der Waals surface area contributed by atoms with E-state index in [9.17, 15) is 13.2 Å². The fourth-order valence-corrected chi connectivity index (χ4v) is 3.62. The Hall–Kier alpha value is -2.05. The van der Waals surface area contributed by atoms with Crippen LogP contribution in [0.4, 0.5) is 5.69 Å². The lowest BCUT2D eigenvalue weighted by Crippen LogP contribution is -2.15. The number of carboxylic acid groups (broad SMARTS) is 1. The lowest BCUT2D eigenvalue weighted by molar-refractivity contribution is 0.0696. The fourth-order valence-electron chi connectivity index (χ4n) is 1.93. The Bertz CT molecular complexity index is 847. The molecule has 0 radical (unpaired) electrons. The third-order valence-electron chi connectivity index (χ3n) is 3.09. The number of rotatable bonds is 4. The van der Waals surface area contributed by atoms with Crippen LogP contribution in [-0.4, -0.2) is 19.5 Å². The number of anilines is 1. The molecule has 0 aliphatic heterocycles. The molecular weight excluding hydrogens is 326 g/mol. The molecule has 0 saturated carbocycles. The average Bonchev–Trinajstić information content (AvgIpc) is 2.42. The second-order valence-corrected chi connectivity index (χ2v) is 6.93. The van der Waals surface area contributed by atoms with Crippen molar-refractivity contribution in [1.82, 2.24) is 0 Å². The second kappa shape index (κ2) is 5.98. The smallest absolute Gasteiger partial charge is 0.335 e. The summed E-state index contributed by atoms with van der Waals surface area (Å²) in [6.07, 6.45) is 0. The summed E-state index contributed by atoms with van der Waals surface area (Å²) in [7, 11) is -3.93. The first-order valence-corrected chi connectivity index (χ1v) is 8.20. The lowest BCUT2D eigenvalue weighted by Gasteiger charge is -2.12. The SMILES string of the molecule is Cc1ccc(NS(=O)(=O)c2cc(C(=O)O)ccc2C)c(Cl)c1. The number of carbonyl (C=O) groups is 1. The van der Waals surface area contributed by atoms with Crippen LogP contribution in [0, 0.1) is 13.8 Å². The highest BCUT2D eigenvalue weighted by Gasteiger charge is 2.20. The lowest BCUT2D eigenvalue weighted by atomic mass is 10.1. The quantitative estimate of drug-likeness (QED) is 0.893. The van der Waals surface area contributed by atoms with E-state index < -0.39 is 16.0 Å². The molecule has 0 heterocycles. The number of halogens is 1. The van der Waals surface area contributed by atoms with Gasteiger partial charge in [-0.15, -0.1) is 0 Å². The van der Waals surface area contributed by atoms with Gasteiger partial charge in [0.25, 0.3) is 10.0 Å². The summed E-state index contributed by atoms with van der Waals surface area (Å²) in [4.78, 5) is 10.9. The highest BCUT2D eigenvalue weighted by Crippen LogP contribution is 2.27. The van der Waals surface area contributed by atoms with Gasteiger partial charge in [0.1, 0.15) is 0 Å². The molecule has 0 unspecified atom stereocenters. The molecule has 5 nitrogen and oxygen atoms in total. The van der Waals surface area contributed by atoms with E-state index in [2.05, 4.69) is 4.72 Å². The molecule has 2 rings (SSSR count). The number of hydrogen-bond acceptors (Lipinski definition) is 3. The Morgan fingerprint density at radius 3 is 2.41 bits per heavy atom. The van der Waals surface area contributed by atoms with Gasteiger partial charge in [0.2, 0.25) is 0 Å². The van der Waals surface area contributed by atoms with Gasteiger partial charge in [-0.05, 0) is 49.2 Å². The van der Waals surface area contributed by atoms with Crippen molar-refractivity contribution >= 4 is 33.3 Å². The normalized spacial score (nSPS) is 11.2. The van der Waals surface area contributed by atoms with Crippen molar-refractivity contribution in [2.24, 2.45) is 0 Å². The van der Waals surface area contributed by atoms with Gasteiger partial charge in [-0.1, -0.05) is 23.7 Å². The predicted molar refractivity (Wildman–Crippen MR) is 85.1 cm³/mol. The molecule has 0 aliphatic carbocycles. The van der Waals surface area contributed by atoms with Crippen molar-refractivity contribution in [3.05, 3.63) is 58.1 Å². The van der Waals surface area contributed by atoms with Crippen LogP contribution in [0.2, 0.25) is 5.02 Å². The molecule has 22 heavy (non-hydrogen) atoms. The summed E-state index contributed by atoms with van der Waals surface area (Å²) in [6.45, 7) is 3.43. The van der Waals surface area contributed by atoms with E-state index in [0.29, 0.717) is 5.56 Å². The summed E-state index contributed by atoms with van der Waals surface area (Å²) in [5.41, 5.74) is 1.49. The van der Waals surface area contributed by atoms with E-state index in [1.807, 2.05) is 6.92 Å². The first kappa shape index (κ1) is 16.3. The third kappa shape index (κ3) is 3.40. The van der Waals surface area contributed by atoms with Gasteiger partial charge >= 0.3 is 5.97 Å². The Balaban J connectivity index is 2.46. The maximum atomic E-state index is 12.5. The van der Waals surface area contributed by atoms with Crippen molar-refractivity contribution in [1.29, 1.82) is 0 Å². The zero-order chi connectivity index (χ0) is 16.5. The number of sulfonamides is 1. The summed E-state index contributed by atoms with van der Waals surface area (Å²) < 4.78 is 27.3. The molecule has 0 atom stereocenters. The number of nitrogens with one attached hydrogen (secondary N) is 1. The molecule has 0 amide bonds. The molecular formula is C15H14ClNO4S. The van der Waals surface area contributed by atoms with Crippen LogP contribution in [0.3, 0.4) is 0 Å². The van der Waals surface area contributed by atoms with Crippen LogP contribution in [0.25, 0.3) is 0 Å². The molecule has 0 fully saturated rings. The number of hydrogen-bond donors (Lipinski definition) is 2. The molecule has 0 spiro atoms. The zero-order valence-corrected chi connectivity index (χ0v) is 13.5. The van der Waals surface area contributed by atoms with Gasteiger partial charge in [-0.3, -0.25) is 4.72 Å². The van der Waals surface area contributed by atoms with E-state index >= 15 is 0 Å². The van der Waals surface area contributed by atoms with E-state index in [0.717, 1.165) is 11.6 Å². The number of benzene rings is 2. The van der Waals surface area contributed by atoms with Gasteiger partial charge < -0.3 is 5.11 Å². The fraction of sp³-hybridized carbons (Fsp3) is 0.133. The largest absolute Gasteiger partial charge is 0.478 e.